The zero-order valence-electron chi connectivity index (χ0n) is 11.8. The van der Waals surface area contributed by atoms with Gasteiger partial charge in [0, 0.05) is 23.6 Å². The molecule has 2 rings (SSSR count). The van der Waals surface area contributed by atoms with E-state index in [9.17, 15) is 14.4 Å². The molecule has 0 saturated heterocycles. The fourth-order valence-corrected chi connectivity index (χ4v) is 1.81. The largest absolute Gasteiger partial charge is 0.448 e. The second kappa shape index (κ2) is 7.04. The number of ether oxygens (including phenoxy) is 1. The molecule has 0 aliphatic carbocycles. The summed E-state index contributed by atoms with van der Waals surface area (Å²) in [7, 11) is 0. The van der Waals surface area contributed by atoms with E-state index in [1.165, 1.54) is 6.92 Å². The topological polar surface area (TPSA) is 96.9 Å². The van der Waals surface area contributed by atoms with Gasteiger partial charge < -0.3 is 10.1 Å². The molecule has 0 radical (unpaired) electrons. The molecule has 8 heteroatoms. The molecule has 1 aromatic rings. The van der Waals surface area contributed by atoms with Crippen LogP contribution in [0.2, 0.25) is 5.02 Å². The summed E-state index contributed by atoms with van der Waals surface area (Å²) in [6, 6.07) is 6.53. The molecule has 0 aromatic heterocycles. The first kappa shape index (κ1) is 16.0. The Morgan fingerprint density at radius 1 is 1.32 bits per heavy atom. The molecular weight excluding hydrogens is 310 g/mol. The van der Waals surface area contributed by atoms with Gasteiger partial charge in [0.25, 0.3) is 5.91 Å². The van der Waals surface area contributed by atoms with Crippen LogP contribution in [0.4, 0.5) is 5.69 Å². The normalized spacial score (nSPS) is 15.4. The molecule has 7 nitrogen and oxygen atoms in total. The van der Waals surface area contributed by atoms with Gasteiger partial charge >= 0.3 is 5.97 Å². The summed E-state index contributed by atoms with van der Waals surface area (Å²) in [4.78, 5) is 34.7. The molecule has 1 heterocycles. The quantitative estimate of drug-likeness (QED) is 0.820. The summed E-state index contributed by atoms with van der Waals surface area (Å²) in [6.45, 7) is 1.45. The third-order valence-electron chi connectivity index (χ3n) is 2.90. The van der Waals surface area contributed by atoms with Crippen molar-refractivity contribution in [2.45, 2.75) is 25.9 Å². The van der Waals surface area contributed by atoms with Crippen LogP contribution >= 0.6 is 11.6 Å². The summed E-state index contributed by atoms with van der Waals surface area (Å²) in [6.07, 6.45) is -0.640. The van der Waals surface area contributed by atoms with Crippen molar-refractivity contribution in [3.8, 4) is 0 Å². The van der Waals surface area contributed by atoms with Gasteiger partial charge in [-0.25, -0.2) is 10.2 Å². The number of carbonyl (C=O) groups is 3. The maximum absolute atomic E-state index is 11.9. The smallest absolute Gasteiger partial charge is 0.355 e. The molecule has 0 spiro atoms. The van der Waals surface area contributed by atoms with Crippen LogP contribution in [0.1, 0.15) is 19.8 Å². The maximum Gasteiger partial charge on any atom is 0.355 e. The van der Waals surface area contributed by atoms with Crippen LogP contribution in [0.25, 0.3) is 0 Å². The third kappa shape index (κ3) is 4.29. The number of esters is 1. The molecular formula is C14H14ClN3O4. The van der Waals surface area contributed by atoms with Crippen molar-refractivity contribution in [3.05, 3.63) is 29.3 Å². The van der Waals surface area contributed by atoms with E-state index in [0.717, 1.165) is 0 Å². The number of rotatable bonds is 4. The molecule has 22 heavy (non-hydrogen) atoms. The number of nitrogens with zero attached hydrogens (tertiary/aromatic N) is 1. The standard InChI is InChI=1S/C14H14ClN3O4/c1-8(13(20)16-10-4-2-9(15)3-5-10)22-14(21)11-6-7-12(19)18-17-11/h2-5,8H,6-7H2,1H3,(H,16,20)(H,18,19)/t8-/m0/s1. The molecule has 0 bridgehead atoms. The van der Waals surface area contributed by atoms with Gasteiger partial charge in [0.2, 0.25) is 5.91 Å². The van der Waals surface area contributed by atoms with Crippen LogP contribution < -0.4 is 10.7 Å². The minimum atomic E-state index is -0.997. The lowest BCUT2D eigenvalue weighted by atomic mass is 10.2. The van der Waals surface area contributed by atoms with E-state index in [0.29, 0.717) is 10.7 Å². The summed E-state index contributed by atoms with van der Waals surface area (Å²) in [5.41, 5.74) is 2.83. The number of anilines is 1. The predicted octanol–water partition coefficient (Wildman–Crippen LogP) is 1.48. The Kier molecular flexibility index (Phi) is 5.11. The maximum atomic E-state index is 11.9. The van der Waals surface area contributed by atoms with E-state index in [2.05, 4.69) is 15.8 Å². The highest BCUT2D eigenvalue weighted by atomic mass is 35.5. The molecule has 1 atom stereocenters. The number of nitrogens with one attached hydrogen (secondary N) is 2. The van der Waals surface area contributed by atoms with Crippen LogP contribution in [0.3, 0.4) is 0 Å². The average Bonchev–Trinajstić information content (AvgIpc) is 2.50. The van der Waals surface area contributed by atoms with Crippen LogP contribution in [0.15, 0.2) is 29.4 Å². The van der Waals surface area contributed by atoms with Crippen molar-refractivity contribution in [2.75, 3.05) is 5.32 Å². The van der Waals surface area contributed by atoms with Gasteiger partial charge in [0.1, 0.15) is 5.71 Å². The first-order valence-electron chi connectivity index (χ1n) is 6.58. The zero-order chi connectivity index (χ0) is 16.1. The predicted molar refractivity (Wildman–Crippen MR) is 80.4 cm³/mol. The van der Waals surface area contributed by atoms with E-state index >= 15 is 0 Å². The molecule has 116 valence electrons. The van der Waals surface area contributed by atoms with Gasteiger partial charge in [-0.05, 0) is 31.2 Å². The van der Waals surface area contributed by atoms with E-state index in [4.69, 9.17) is 16.3 Å². The molecule has 0 saturated carbocycles. The van der Waals surface area contributed by atoms with Gasteiger partial charge in [0.15, 0.2) is 6.10 Å². The lowest BCUT2D eigenvalue weighted by Crippen LogP contribution is -2.35. The highest BCUT2D eigenvalue weighted by Gasteiger charge is 2.24. The number of benzene rings is 1. The monoisotopic (exact) mass is 323 g/mol. The van der Waals surface area contributed by atoms with E-state index < -0.39 is 18.0 Å². The van der Waals surface area contributed by atoms with E-state index in [1.807, 2.05) is 0 Å². The van der Waals surface area contributed by atoms with Crippen molar-refractivity contribution >= 4 is 40.8 Å². The lowest BCUT2D eigenvalue weighted by molar-refractivity contribution is -0.146. The van der Waals surface area contributed by atoms with Gasteiger partial charge in [-0.2, -0.15) is 5.10 Å². The Hall–Kier alpha value is -2.41. The minimum Gasteiger partial charge on any atom is -0.448 e. The van der Waals surface area contributed by atoms with Crippen LogP contribution in [0.5, 0.6) is 0 Å². The molecule has 1 aliphatic rings. The Morgan fingerprint density at radius 3 is 2.59 bits per heavy atom. The Balaban J connectivity index is 1.89. The van der Waals surface area contributed by atoms with E-state index in [-0.39, 0.29) is 24.5 Å². The molecule has 2 amide bonds. The minimum absolute atomic E-state index is 0.0887. The highest BCUT2D eigenvalue weighted by molar-refractivity contribution is 6.37. The van der Waals surface area contributed by atoms with Gasteiger partial charge in [-0.3, -0.25) is 9.59 Å². The number of carbonyl (C=O) groups excluding carboxylic acids is 3. The van der Waals surface area contributed by atoms with E-state index in [1.54, 1.807) is 24.3 Å². The van der Waals surface area contributed by atoms with Crippen LogP contribution in [0, 0.1) is 0 Å². The van der Waals surface area contributed by atoms with Gasteiger partial charge in [0.05, 0.1) is 0 Å². The fraction of sp³-hybridized carbons (Fsp3) is 0.286. The lowest BCUT2D eigenvalue weighted by Gasteiger charge is -2.15. The van der Waals surface area contributed by atoms with Crippen molar-refractivity contribution in [1.29, 1.82) is 0 Å². The van der Waals surface area contributed by atoms with Gasteiger partial charge in [-0.1, -0.05) is 11.6 Å². The van der Waals surface area contributed by atoms with Gasteiger partial charge in [-0.15, -0.1) is 0 Å². The summed E-state index contributed by atoms with van der Waals surface area (Å²) < 4.78 is 5.02. The number of hydrogen-bond acceptors (Lipinski definition) is 5. The Labute approximate surface area is 131 Å². The van der Waals surface area contributed by atoms with Crippen LogP contribution in [-0.4, -0.2) is 29.6 Å². The zero-order valence-corrected chi connectivity index (χ0v) is 12.5. The van der Waals surface area contributed by atoms with Crippen molar-refractivity contribution < 1.29 is 19.1 Å². The van der Waals surface area contributed by atoms with Crippen molar-refractivity contribution in [1.82, 2.24) is 5.43 Å². The number of halogens is 1. The molecule has 1 aliphatic heterocycles. The summed E-state index contributed by atoms with van der Waals surface area (Å²) >= 11 is 5.75. The number of amides is 2. The molecule has 0 unspecified atom stereocenters. The Bertz CT molecular complexity index is 627. The number of hydrogen-bond donors (Lipinski definition) is 2. The SMILES string of the molecule is C[C@H](OC(=O)C1=NNC(=O)CC1)C(=O)Nc1ccc(Cl)cc1. The highest BCUT2D eigenvalue weighted by Crippen LogP contribution is 2.14. The average molecular weight is 324 g/mol. The molecule has 1 aromatic carbocycles. The third-order valence-corrected chi connectivity index (χ3v) is 3.16. The van der Waals surface area contributed by atoms with Crippen molar-refractivity contribution in [2.24, 2.45) is 5.10 Å². The van der Waals surface area contributed by atoms with Crippen molar-refractivity contribution in [3.63, 3.8) is 0 Å². The van der Waals surface area contributed by atoms with Crippen LogP contribution in [-0.2, 0) is 19.1 Å². The molecule has 0 fully saturated rings. The summed E-state index contributed by atoms with van der Waals surface area (Å²) in [5.74, 6) is -1.46. The second-order valence-electron chi connectivity index (χ2n) is 4.64. The molecule has 2 N–H and O–H groups in total. The first-order chi connectivity index (χ1) is 10.5. The first-order valence-corrected chi connectivity index (χ1v) is 6.96. The number of hydrazone groups is 1. The Morgan fingerprint density at radius 2 is 2.00 bits per heavy atom. The fourth-order valence-electron chi connectivity index (χ4n) is 1.68. The summed E-state index contributed by atoms with van der Waals surface area (Å²) in [5, 5.41) is 6.76. The second-order valence-corrected chi connectivity index (χ2v) is 5.07.